The molecule has 2 aromatic carbocycles. The van der Waals surface area contributed by atoms with E-state index in [0.717, 1.165) is 0 Å². The summed E-state index contributed by atoms with van der Waals surface area (Å²) in [6.07, 6.45) is 7.04. The third-order valence-corrected chi connectivity index (χ3v) is 6.70. The first-order chi connectivity index (χ1) is 9.84. The molecular weight excluding hydrogens is 259 g/mol. The molecule has 2 atom stereocenters. The Bertz CT molecular complexity index is 763. The van der Waals surface area contributed by atoms with Gasteiger partial charge in [-0.25, -0.2) is 0 Å². The van der Waals surface area contributed by atoms with Crippen molar-refractivity contribution in [1.82, 2.24) is 0 Å². The second-order valence-electron chi connectivity index (χ2n) is 5.38. The molecule has 0 radical (unpaired) electrons. The van der Waals surface area contributed by atoms with Gasteiger partial charge in [-0.15, -0.1) is 0 Å². The maximum absolute atomic E-state index is 2.42. The van der Waals surface area contributed by atoms with E-state index in [4.69, 9.17) is 0 Å². The summed E-state index contributed by atoms with van der Waals surface area (Å²) in [4.78, 5) is 0. The summed E-state index contributed by atoms with van der Waals surface area (Å²) in [5.41, 5.74) is 2.87. The summed E-state index contributed by atoms with van der Waals surface area (Å²) in [5.74, 6) is 0.488. The summed E-state index contributed by atoms with van der Waals surface area (Å²) < 4.78 is 0. The Hall–Kier alpha value is -1.91. The van der Waals surface area contributed by atoms with Crippen LogP contribution in [0.15, 0.2) is 78.4 Å². The second kappa shape index (κ2) is 4.58. The van der Waals surface area contributed by atoms with Crippen molar-refractivity contribution in [3.05, 3.63) is 84.0 Å². The SMILES string of the molecule is CC1=CC2C(=[P+](c3ccccc3)c3ccccc32)C=C1. The van der Waals surface area contributed by atoms with Gasteiger partial charge >= 0.3 is 0 Å². The minimum absolute atomic E-state index is 0.347. The Morgan fingerprint density at radius 3 is 2.45 bits per heavy atom. The topological polar surface area (TPSA) is 0 Å². The van der Waals surface area contributed by atoms with Gasteiger partial charge in [-0.3, -0.25) is 0 Å². The number of fused-ring (bicyclic) bond motifs is 3. The van der Waals surface area contributed by atoms with Crippen LogP contribution in [0.5, 0.6) is 0 Å². The molecule has 0 N–H and O–H groups in total. The average molecular weight is 275 g/mol. The molecule has 2 aromatic rings. The number of hydrogen-bond donors (Lipinski definition) is 0. The molecule has 0 spiro atoms. The van der Waals surface area contributed by atoms with Crippen molar-refractivity contribution in [2.75, 3.05) is 0 Å². The standard InChI is InChI=1S/C19H16P/c1-14-11-12-19-17(13-14)16-9-5-6-10-18(16)20(19)15-7-3-2-4-8-15/h2-13,17H,1H3/q+1. The predicted molar refractivity (Wildman–Crippen MR) is 89.7 cm³/mol. The van der Waals surface area contributed by atoms with Gasteiger partial charge in [-0.2, -0.15) is 0 Å². The van der Waals surface area contributed by atoms with E-state index in [1.54, 1.807) is 5.29 Å². The highest BCUT2D eigenvalue weighted by Crippen LogP contribution is 2.42. The normalized spacial score (nSPS) is 21.4. The Kier molecular flexibility index (Phi) is 2.72. The zero-order valence-electron chi connectivity index (χ0n) is 11.5. The Labute approximate surface area is 120 Å². The summed E-state index contributed by atoms with van der Waals surface area (Å²) in [7, 11) is -0.347. The van der Waals surface area contributed by atoms with Crippen LogP contribution in [-0.4, -0.2) is 5.29 Å². The Morgan fingerprint density at radius 1 is 0.850 bits per heavy atom. The maximum Gasteiger partial charge on any atom is 0.174 e. The first-order valence-corrected chi connectivity index (χ1v) is 8.36. The fraction of sp³-hybridized carbons (Fsp3) is 0.105. The fourth-order valence-corrected chi connectivity index (χ4v) is 5.89. The van der Waals surface area contributed by atoms with Gasteiger partial charge in [0, 0.05) is 5.56 Å². The minimum atomic E-state index is -0.347. The summed E-state index contributed by atoms with van der Waals surface area (Å²) in [5, 5.41) is 4.58. The van der Waals surface area contributed by atoms with Crippen LogP contribution in [-0.2, 0) is 0 Å². The van der Waals surface area contributed by atoms with Crippen LogP contribution < -0.4 is 10.6 Å². The van der Waals surface area contributed by atoms with E-state index in [-0.39, 0.29) is 7.55 Å². The van der Waals surface area contributed by atoms with Crippen LogP contribution >= 0.6 is 7.55 Å². The van der Waals surface area contributed by atoms with Gasteiger partial charge in [0.25, 0.3) is 0 Å². The minimum Gasteiger partial charge on any atom is -0.0657 e. The molecule has 2 aliphatic rings. The quantitative estimate of drug-likeness (QED) is 0.692. The lowest BCUT2D eigenvalue weighted by molar-refractivity contribution is 1.15. The van der Waals surface area contributed by atoms with E-state index in [1.165, 1.54) is 21.7 Å². The van der Waals surface area contributed by atoms with Crippen LogP contribution in [0.1, 0.15) is 18.4 Å². The fourth-order valence-electron chi connectivity index (χ4n) is 3.15. The summed E-state index contributed by atoms with van der Waals surface area (Å²) in [6, 6.07) is 19.9. The number of benzene rings is 2. The first-order valence-electron chi connectivity index (χ1n) is 7.02. The molecule has 1 heterocycles. The van der Waals surface area contributed by atoms with Gasteiger partial charge in [0.05, 0.1) is 5.92 Å². The number of rotatable bonds is 1. The molecule has 0 aromatic heterocycles. The second-order valence-corrected chi connectivity index (χ2v) is 7.56. The van der Waals surface area contributed by atoms with E-state index in [9.17, 15) is 0 Å². The smallest absolute Gasteiger partial charge is 0.0657 e. The number of hydrogen-bond acceptors (Lipinski definition) is 0. The molecule has 0 saturated heterocycles. The molecule has 0 fully saturated rings. The van der Waals surface area contributed by atoms with E-state index in [1.807, 2.05) is 0 Å². The van der Waals surface area contributed by atoms with E-state index >= 15 is 0 Å². The third kappa shape index (κ3) is 1.72. The van der Waals surface area contributed by atoms with Crippen LogP contribution in [0.3, 0.4) is 0 Å². The lowest BCUT2D eigenvalue weighted by atomic mass is 9.90. The molecular formula is C19H16P+. The van der Waals surface area contributed by atoms with Crippen molar-refractivity contribution in [2.24, 2.45) is 0 Å². The third-order valence-electron chi connectivity index (χ3n) is 4.05. The van der Waals surface area contributed by atoms with Crippen LogP contribution in [0.4, 0.5) is 0 Å². The van der Waals surface area contributed by atoms with Gasteiger partial charge in [0.1, 0.15) is 5.29 Å². The van der Waals surface area contributed by atoms with Gasteiger partial charge < -0.3 is 0 Å². The summed E-state index contributed by atoms with van der Waals surface area (Å²) in [6.45, 7) is 2.19. The Balaban J connectivity index is 2.01. The lowest BCUT2D eigenvalue weighted by Gasteiger charge is -2.09. The van der Waals surface area contributed by atoms with Crippen molar-refractivity contribution in [2.45, 2.75) is 12.8 Å². The van der Waals surface area contributed by atoms with Gasteiger partial charge in [-0.05, 0) is 31.2 Å². The largest absolute Gasteiger partial charge is 0.174 e. The van der Waals surface area contributed by atoms with Gasteiger partial charge in [0.15, 0.2) is 18.2 Å². The molecule has 1 aliphatic carbocycles. The van der Waals surface area contributed by atoms with Crippen molar-refractivity contribution < 1.29 is 0 Å². The van der Waals surface area contributed by atoms with E-state index in [2.05, 4.69) is 79.7 Å². The average Bonchev–Trinajstić information content (AvgIpc) is 2.82. The molecule has 1 aliphatic heterocycles. The highest BCUT2D eigenvalue weighted by atomic mass is 31.1. The molecule has 2 unspecified atom stereocenters. The molecule has 0 bridgehead atoms. The predicted octanol–water partition coefficient (Wildman–Crippen LogP) is 3.91. The van der Waals surface area contributed by atoms with Gasteiger partial charge in [0.2, 0.25) is 0 Å². The molecule has 20 heavy (non-hydrogen) atoms. The van der Waals surface area contributed by atoms with Crippen molar-refractivity contribution >= 4 is 23.4 Å². The van der Waals surface area contributed by atoms with Crippen molar-refractivity contribution in [3.63, 3.8) is 0 Å². The van der Waals surface area contributed by atoms with E-state index in [0.29, 0.717) is 5.92 Å². The Morgan fingerprint density at radius 2 is 1.60 bits per heavy atom. The highest BCUT2D eigenvalue weighted by Gasteiger charge is 2.40. The van der Waals surface area contributed by atoms with Crippen molar-refractivity contribution in [3.8, 4) is 0 Å². The lowest BCUT2D eigenvalue weighted by Crippen LogP contribution is -2.08. The zero-order valence-corrected chi connectivity index (χ0v) is 12.3. The van der Waals surface area contributed by atoms with Crippen LogP contribution in [0, 0.1) is 0 Å². The molecule has 4 rings (SSSR count). The van der Waals surface area contributed by atoms with Crippen LogP contribution in [0.2, 0.25) is 0 Å². The van der Waals surface area contributed by atoms with Gasteiger partial charge in [-0.1, -0.05) is 54.1 Å². The zero-order chi connectivity index (χ0) is 13.5. The molecule has 96 valence electrons. The number of allylic oxidation sites excluding steroid dienone is 4. The molecule has 1 heteroatoms. The van der Waals surface area contributed by atoms with E-state index < -0.39 is 0 Å². The molecule has 0 saturated carbocycles. The maximum atomic E-state index is 2.42. The highest BCUT2D eigenvalue weighted by molar-refractivity contribution is 7.74. The molecule has 0 nitrogen and oxygen atoms in total. The first kappa shape index (κ1) is 11.9. The molecule has 0 amide bonds. The van der Waals surface area contributed by atoms with Crippen molar-refractivity contribution in [1.29, 1.82) is 0 Å². The van der Waals surface area contributed by atoms with Crippen LogP contribution in [0.25, 0.3) is 0 Å². The summed E-state index contributed by atoms with van der Waals surface area (Å²) >= 11 is 0. The monoisotopic (exact) mass is 275 g/mol.